The number of methoxy groups -OCH3 is 1. The van der Waals surface area contributed by atoms with Crippen molar-refractivity contribution in [2.75, 3.05) is 26.9 Å². The highest BCUT2D eigenvalue weighted by Gasteiger charge is 2.38. The number of aliphatic hydroxyl groups is 1. The van der Waals surface area contributed by atoms with Crippen LogP contribution in [0.5, 0.6) is 0 Å². The Labute approximate surface area is 126 Å². The number of likely N-dealkylation sites (tertiary alicyclic amines) is 1. The van der Waals surface area contributed by atoms with Crippen molar-refractivity contribution in [3.8, 4) is 0 Å². The maximum Gasteiger partial charge on any atom is 0.243 e. The van der Waals surface area contributed by atoms with Gasteiger partial charge in [0.1, 0.15) is 6.04 Å². The van der Waals surface area contributed by atoms with E-state index in [1.807, 2.05) is 20.8 Å². The van der Waals surface area contributed by atoms with E-state index in [0.717, 1.165) is 6.42 Å². The van der Waals surface area contributed by atoms with Crippen molar-refractivity contribution < 1.29 is 19.4 Å². The van der Waals surface area contributed by atoms with Gasteiger partial charge in [0, 0.05) is 25.7 Å². The number of ether oxygens (including phenoxy) is 1. The highest BCUT2D eigenvalue weighted by atomic mass is 16.5. The molecule has 1 rings (SSSR count). The molecule has 21 heavy (non-hydrogen) atoms. The van der Waals surface area contributed by atoms with Crippen molar-refractivity contribution in [3.63, 3.8) is 0 Å². The van der Waals surface area contributed by atoms with Gasteiger partial charge < -0.3 is 20.1 Å². The van der Waals surface area contributed by atoms with Crippen molar-refractivity contribution in [2.45, 2.75) is 52.1 Å². The molecular formula is C15H28N2O4. The maximum absolute atomic E-state index is 12.4. The lowest BCUT2D eigenvalue weighted by atomic mass is 9.94. The van der Waals surface area contributed by atoms with Crippen LogP contribution in [0, 0.1) is 5.41 Å². The fourth-order valence-electron chi connectivity index (χ4n) is 2.56. The smallest absolute Gasteiger partial charge is 0.243 e. The van der Waals surface area contributed by atoms with E-state index < -0.39 is 11.5 Å². The molecule has 6 nitrogen and oxygen atoms in total. The Bertz CT molecular complexity index is 359. The molecule has 0 aromatic rings. The molecule has 2 atom stereocenters. The van der Waals surface area contributed by atoms with Gasteiger partial charge in [-0.2, -0.15) is 0 Å². The lowest BCUT2D eigenvalue weighted by Gasteiger charge is -2.31. The third-order valence-electron chi connectivity index (χ3n) is 3.65. The number of nitrogens with one attached hydrogen (secondary N) is 1. The first-order valence-electron chi connectivity index (χ1n) is 7.52. The molecule has 1 aliphatic heterocycles. The zero-order valence-corrected chi connectivity index (χ0v) is 13.5. The number of carbonyl (C=O) groups is 2. The molecular weight excluding hydrogens is 272 g/mol. The summed E-state index contributed by atoms with van der Waals surface area (Å²) in [5.41, 5.74) is -0.486. The van der Waals surface area contributed by atoms with Crippen LogP contribution in [0.15, 0.2) is 0 Å². The van der Waals surface area contributed by atoms with Crippen LogP contribution in [0.3, 0.4) is 0 Å². The number of hydrogen-bond donors (Lipinski definition) is 2. The van der Waals surface area contributed by atoms with E-state index in [0.29, 0.717) is 26.0 Å². The van der Waals surface area contributed by atoms with Crippen LogP contribution >= 0.6 is 0 Å². The summed E-state index contributed by atoms with van der Waals surface area (Å²) in [6.07, 6.45) is 1.97. The molecule has 1 saturated heterocycles. The van der Waals surface area contributed by atoms with Gasteiger partial charge in [0.15, 0.2) is 0 Å². The average Bonchev–Trinajstić information content (AvgIpc) is 2.86. The van der Waals surface area contributed by atoms with Crippen molar-refractivity contribution in [1.29, 1.82) is 0 Å². The first-order valence-corrected chi connectivity index (χ1v) is 7.52. The Morgan fingerprint density at radius 3 is 2.62 bits per heavy atom. The maximum atomic E-state index is 12.4. The van der Waals surface area contributed by atoms with Crippen molar-refractivity contribution in [1.82, 2.24) is 10.2 Å². The van der Waals surface area contributed by atoms with Crippen LogP contribution in [0.25, 0.3) is 0 Å². The van der Waals surface area contributed by atoms with E-state index >= 15 is 0 Å². The molecule has 0 spiro atoms. The zero-order chi connectivity index (χ0) is 16.0. The van der Waals surface area contributed by atoms with Gasteiger partial charge in [-0.25, -0.2) is 0 Å². The summed E-state index contributed by atoms with van der Waals surface area (Å²) >= 11 is 0. The van der Waals surface area contributed by atoms with Gasteiger partial charge >= 0.3 is 0 Å². The van der Waals surface area contributed by atoms with Crippen LogP contribution in [-0.4, -0.2) is 60.8 Å². The Kier molecular flexibility index (Phi) is 6.61. The summed E-state index contributed by atoms with van der Waals surface area (Å²) in [6.45, 7) is 6.56. The molecule has 6 heteroatoms. The lowest BCUT2D eigenvalue weighted by Crippen LogP contribution is -2.52. The molecule has 0 radical (unpaired) electrons. The summed E-state index contributed by atoms with van der Waals surface area (Å²) < 4.78 is 5.04. The molecule has 122 valence electrons. The van der Waals surface area contributed by atoms with E-state index in [-0.39, 0.29) is 24.5 Å². The van der Waals surface area contributed by atoms with Crippen molar-refractivity contribution in [2.24, 2.45) is 5.41 Å². The number of amides is 2. The summed E-state index contributed by atoms with van der Waals surface area (Å²) in [7, 11) is 1.56. The highest BCUT2D eigenvalue weighted by molar-refractivity contribution is 5.90. The van der Waals surface area contributed by atoms with E-state index in [1.165, 1.54) is 0 Å². The molecule has 0 aliphatic carbocycles. The van der Waals surface area contributed by atoms with Gasteiger partial charge in [-0.05, 0) is 19.3 Å². The molecule has 2 amide bonds. The van der Waals surface area contributed by atoms with Crippen LogP contribution in [0.4, 0.5) is 0 Å². The van der Waals surface area contributed by atoms with Crippen LogP contribution < -0.4 is 5.32 Å². The monoisotopic (exact) mass is 300 g/mol. The molecule has 1 aliphatic rings. The second kappa shape index (κ2) is 7.75. The topological polar surface area (TPSA) is 78.9 Å². The second-order valence-corrected chi connectivity index (χ2v) is 6.58. The van der Waals surface area contributed by atoms with Gasteiger partial charge in [0.05, 0.1) is 12.6 Å². The Hall–Kier alpha value is -1.14. The Morgan fingerprint density at radius 2 is 2.10 bits per heavy atom. The van der Waals surface area contributed by atoms with Crippen LogP contribution in [-0.2, 0) is 14.3 Å². The molecule has 1 fully saturated rings. The minimum absolute atomic E-state index is 0.00518. The molecule has 0 aromatic carbocycles. The second-order valence-electron chi connectivity index (χ2n) is 6.58. The van der Waals surface area contributed by atoms with E-state index in [1.54, 1.807) is 12.0 Å². The largest absolute Gasteiger partial charge is 0.396 e. The molecule has 2 N–H and O–H groups in total. The van der Waals surface area contributed by atoms with Gasteiger partial charge in [0.25, 0.3) is 0 Å². The van der Waals surface area contributed by atoms with Gasteiger partial charge in [-0.15, -0.1) is 0 Å². The van der Waals surface area contributed by atoms with Gasteiger partial charge in [0.2, 0.25) is 11.8 Å². The SMILES string of the molecule is COCC(CCO)NC(=O)C1CCCN1C(=O)C(C)(C)C. The van der Waals surface area contributed by atoms with Crippen LogP contribution in [0.1, 0.15) is 40.0 Å². The summed E-state index contributed by atoms with van der Waals surface area (Å²) in [6, 6.07) is -0.630. The molecule has 2 unspecified atom stereocenters. The fourth-order valence-corrected chi connectivity index (χ4v) is 2.56. The summed E-state index contributed by atoms with van der Waals surface area (Å²) in [4.78, 5) is 26.5. The molecule has 0 saturated carbocycles. The van der Waals surface area contributed by atoms with Gasteiger partial charge in [-0.1, -0.05) is 20.8 Å². The average molecular weight is 300 g/mol. The minimum Gasteiger partial charge on any atom is -0.396 e. The third-order valence-corrected chi connectivity index (χ3v) is 3.65. The predicted molar refractivity (Wildman–Crippen MR) is 79.7 cm³/mol. The number of aliphatic hydroxyl groups excluding tert-OH is 1. The van der Waals surface area contributed by atoms with Crippen LogP contribution in [0.2, 0.25) is 0 Å². The molecule has 1 heterocycles. The zero-order valence-electron chi connectivity index (χ0n) is 13.5. The highest BCUT2D eigenvalue weighted by Crippen LogP contribution is 2.25. The Morgan fingerprint density at radius 1 is 1.43 bits per heavy atom. The normalized spacial score (nSPS) is 20.4. The fraction of sp³-hybridized carbons (Fsp3) is 0.867. The molecule has 0 aromatic heterocycles. The van der Waals surface area contributed by atoms with E-state index in [4.69, 9.17) is 9.84 Å². The number of hydrogen-bond acceptors (Lipinski definition) is 4. The molecule has 0 bridgehead atoms. The minimum atomic E-state index is -0.486. The van der Waals surface area contributed by atoms with Crippen molar-refractivity contribution in [3.05, 3.63) is 0 Å². The summed E-state index contributed by atoms with van der Waals surface area (Å²) in [5.74, 6) is -0.147. The van der Waals surface area contributed by atoms with Gasteiger partial charge in [-0.3, -0.25) is 9.59 Å². The first-order chi connectivity index (χ1) is 9.81. The standard InChI is InChI=1S/C15H28N2O4/c1-15(2,3)14(20)17-8-5-6-12(17)13(19)16-11(7-9-18)10-21-4/h11-12,18H,5-10H2,1-4H3,(H,16,19). The number of nitrogens with zero attached hydrogens (tertiary/aromatic N) is 1. The number of carbonyl (C=O) groups excluding carboxylic acids is 2. The number of rotatable bonds is 6. The lowest BCUT2D eigenvalue weighted by molar-refractivity contribution is -0.145. The Balaban J connectivity index is 2.69. The van der Waals surface area contributed by atoms with Crippen molar-refractivity contribution >= 4 is 11.8 Å². The summed E-state index contributed by atoms with van der Waals surface area (Å²) in [5, 5.41) is 11.9. The quantitative estimate of drug-likeness (QED) is 0.750. The third kappa shape index (κ3) is 4.97. The predicted octanol–water partition coefficient (Wildman–Crippen LogP) is 0.537. The first kappa shape index (κ1) is 17.9. The van der Waals surface area contributed by atoms with E-state index in [2.05, 4.69) is 5.32 Å². The van der Waals surface area contributed by atoms with E-state index in [9.17, 15) is 9.59 Å².